The maximum absolute atomic E-state index is 11.4. The van der Waals surface area contributed by atoms with Crippen molar-refractivity contribution in [2.24, 2.45) is 0 Å². The molecule has 8 heteroatoms. The maximum Gasteiger partial charge on any atom is 0.225 e. The number of amides is 1. The molecule has 1 amide bonds. The molecule has 0 saturated heterocycles. The minimum atomic E-state index is 0.00971. The van der Waals surface area contributed by atoms with Crippen LogP contribution in [0.25, 0.3) is 0 Å². The third-order valence-corrected chi connectivity index (χ3v) is 3.81. The lowest BCUT2D eigenvalue weighted by Gasteiger charge is -2.14. The van der Waals surface area contributed by atoms with E-state index in [0.717, 1.165) is 16.0 Å². The summed E-state index contributed by atoms with van der Waals surface area (Å²) in [5.41, 5.74) is 2.56. The van der Waals surface area contributed by atoms with Crippen LogP contribution in [0.1, 0.15) is 19.5 Å². The second-order valence-electron chi connectivity index (χ2n) is 3.48. The van der Waals surface area contributed by atoms with E-state index in [1.54, 1.807) is 17.3 Å². The molecule has 0 aromatic carbocycles. The molecule has 6 nitrogen and oxygen atoms in total. The zero-order chi connectivity index (χ0) is 13.0. The van der Waals surface area contributed by atoms with Gasteiger partial charge in [0.25, 0.3) is 0 Å². The first-order chi connectivity index (χ1) is 8.70. The van der Waals surface area contributed by atoms with Crippen LogP contribution in [0, 0.1) is 0 Å². The molecule has 2 rings (SSSR count). The molecular formula is C10H13N5OS2. The van der Waals surface area contributed by atoms with Gasteiger partial charge in [-0.2, -0.15) is 0 Å². The number of aromatic nitrogens is 3. The third-order valence-electron chi connectivity index (χ3n) is 2.25. The van der Waals surface area contributed by atoms with Crippen molar-refractivity contribution in [1.82, 2.24) is 15.2 Å². The second-order valence-corrected chi connectivity index (χ2v) is 5.15. The first-order valence-electron chi connectivity index (χ1n) is 5.43. The van der Waals surface area contributed by atoms with Gasteiger partial charge in [0.15, 0.2) is 5.13 Å². The standard InChI is InChI=1S/C10H13N5OS2/c1-3-15(7(2)16)10-13-8(5-17-10)4-11-9-14-12-6-18-9/h5-6H,3-4H2,1-2H3,(H,11,14). The number of hydrogen-bond donors (Lipinski definition) is 1. The summed E-state index contributed by atoms with van der Waals surface area (Å²) >= 11 is 2.91. The van der Waals surface area contributed by atoms with E-state index in [1.807, 2.05) is 12.3 Å². The van der Waals surface area contributed by atoms with Gasteiger partial charge in [-0.1, -0.05) is 11.3 Å². The molecule has 0 unspecified atom stereocenters. The minimum Gasteiger partial charge on any atom is -0.354 e. The topological polar surface area (TPSA) is 71.0 Å². The van der Waals surface area contributed by atoms with Gasteiger partial charge < -0.3 is 5.32 Å². The zero-order valence-electron chi connectivity index (χ0n) is 10.1. The Morgan fingerprint density at radius 2 is 2.33 bits per heavy atom. The highest BCUT2D eigenvalue weighted by Crippen LogP contribution is 2.21. The predicted molar refractivity (Wildman–Crippen MR) is 73.1 cm³/mol. The highest BCUT2D eigenvalue weighted by atomic mass is 32.1. The number of thiazole rings is 1. The molecule has 0 radical (unpaired) electrons. The van der Waals surface area contributed by atoms with Crippen LogP contribution in [-0.2, 0) is 11.3 Å². The van der Waals surface area contributed by atoms with Gasteiger partial charge in [-0.05, 0) is 6.92 Å². The molecule has 0 aliphatic carbocycles. The lowest BCUT2D eigenvalue weighted by atomic mass is 10.5. The molecule has 0 bridgehead atoms. The highest BCUT2D eigenvalue weighted by Gasteiger charge is 2.13. The largest absolute Gasteiger partial charge is 0.354 e. The van der Waals surface area contributed by atoms with Crippen LogP contribution in [0.15, 0.2) is 10.9 Å². The lowest BCUT2D eigenvalue weighted by Crippen LogP contribution is -2.27. The van der Waals surface area contributed by atoms with Crippen molar-refractivity contribution in [2.75, 3.05) is 16.8 Å². The molecule has 0 saturated carbocycles. The first-order valence-corrected chi connectivity index (χ1v) is 7.19. The van der Waals surface area contributed by atoms with Crippen molar-refractivity contribution >= 4 is 38.8 Å². The summed E-state index contributed by atoms with van der Waals surface area (Å²) in [4.78, 5) is 17.5. The number of anilines is 2. The van der Waals surface area contributed by atoms with E-state index < -0.39 is 0 Å². The summed E-state index contributed by atoms with van der Waals surface area (Å²) in [7, 11) is 0. The SMILES string of the molecule is CCN(C(C)=O)c1nc(CNc2nncs2)cs1. The quantitative estimate of drug-likeness (QED) is 0.908. The normalized spacial score (nSPS) is 10.3. The fourth-order valence-corrected chi connectivity index (χ4v) is 2.79. The summed E-state index contributed by atoms with van der Waals surface area (Å²) in [5, 5.41) is 14.2. The van der Waals surface area contributed by atoms with Crippen molar-refractivity contribution in [3.63, 3.8) is 0 Å². The predicted octanol–water partition coefficient (Wildman–Crippen LogP) is 1.98. The van der Waals surface area contributed by atoms with Gasteiger partial charge in [-0.3, -0.25) is 9.69 Å². The molecule has 0 atom stereocenters. The molecule has 18 heavy (non-hydrogen) atoms. The van der Waals surface area contributed by atoms with Gasteiger partial charge in [0.1, 0.15) is 5.51 Å². The Balaban J connectivity index is 1.99. The van der Waals surface area contributed by atoms with Crippen LogP contribution in [0.4, 0.5) is 10.3 Å². The van der Waals surface area contributed by atoms with Gasteiger partial charge in [-0.15, -0.1) is 21.5 Å². The van der Waals surface area contributed by atoms with Crippen LogP contribution in [0.3, 0.4) is 0 Å². The Morgan fingerprint density at radius 1 is 1.50 bits per heavy atom. The van der Waals surface area contributed by atoms with E-state index in [-0.39, 0.29) is 5.91 Å². The summed E-state index contributed by atoms with van der Waals surface area (Å²) in [5.74, 6) is 0.00971. The Kier molecular flexibility index (Phi) is 4.21. The second kappa shape index (κ2) is 5.87. The Morgan fingerprint density at radius 3 is 2.94 bits per heavy atom. The number of nitrogens with zero attached hydrogens (tertiary/aromatic N) is 4. The van der Waals surface area contributed by atoms with Gasteiger partial charge >= 0.3 is 0 Å². The summed E-state index contributed by atoms with van der Waals surface area (Å²) in [6.45, 7) is 4.69. The molecule has 0 fully saturated rings. The van der Waals surface area contributed by atoms with Crippen molar-refractivity contribution in [2.45, 2.75) is 20.4 Å². The van der Waals surface area contributed by atoms with Crippen LogP contribution < -0.4 is 10.2 Å². The van der Waals surface area contributed by atoms with Crippen molar-refractivity contribution in [1.29, 1.82) is 0 Å². The summed E-state index contributed by atoms with van der Waals surface area (Å²) in [6, 6.07) is 0. The molecule has 1 N–H and O–H groups in total. The number of carbonyl (C=O) groups is 1. The van der Waals surface area contributed by atoms with Gasteiger partial charge in [0.2, 0.25) is 11.0 Å². The van der Waals surface area contributed by atoms with E-state index in [1.165, 1.54) is 22.7 Å². The van der Waals surface area contributed by atoms with Crippen LogP contribution in [0.5, 0.6) is 0 Å². The van der Waals surface area contributed by atoms with E-state index >= 15 is 0 Å². The van der Waals surface area contributed by atoms with Crippen LogP contribution in [-0.4, -0.2) is 27.6 Å². The lowest BCUT2D eigenvalue weighted by molar-refractivity contribution is -0.116. The molecule has 0 spiro atoms. The monoisotopic (exact) mass is 283 g/mol. The third kappa shape index (κ3) is 3.02. The molecular weight excluding hydrogens is 270 g/mol. The molecule has 2 aromatic rings. The van der Waals surface area contributed by atoms with E-state index in [4.69, 9.17) is 0 Å². The number of nitrogens with one attached hydrogen (secondary N) is 1. The minimum absolute atomic E-state index is 0.00971. The molecule has 0 aliphatic heterocycles. The fraction of sp³-hybridized carbons (Fsp3) is 0.400. The average Bonchev–Trinajstić information content (AvgIpc) is 2.97. The number of rotatable bonds is 5. The highest BCUT2D eigenvalue weighted by molar-refractivity contribution is 7.14. The molecule has 0 aliphatic rings. The van der Waals surface area contributed by atoms with Crippen LogP contribution in [0.2, 0.25) is 0 Å². The molecule has 2 aromatic heterocycles. The van der Waals surface area contributed by atoms with E-state index in [0.29, 0.717) is 13.1 Å². The summed E-state index contributed by atoms with van der Waals surface area (Å²) < 4.78 is 0. The Hall–Kier alpha value is -1.54. The Labute approximate surface area is 113 Å². The van der Waals surface area contributed by atoms with E-state index in [2.05, 4.69) is 20.5 Å². The van der Waals surface area contributed by atoms with Crippen LogP contribution >= 0.6 is 22.7 Å². The summed E-state index contributed by atoms with van der Waals surface area (Å²) in [6.07, 6.45) is 0. The number of hydrogen-bond acceptors (Lipinski definition) is 7. The molecule has 2 heterocycles. The maximum atomic E-state index is 11.4. The van der Waals surface area contributed by atoms with Crippen molar-refractivity contribution < 1.29 is 4.79 Å². The van der Waals surface area contributed by atoms with Gasteiger partial charge in [-0.25, -0.2) is 4.98 Å². The van der Waals surface area contributed by atoms with Crippen molar-refractivity contribution in [3.8, 4) is 0 Å². The van der Waals surface area contributed by atoms with Gasteiger partial charge in [0.05, 0.1) is 12.2 Å². The van der Waals surface area contributed by atoms with Gasteiger partial charge in [0, 0.05) is 18.8 Å². The fourth-order valence-electron chi connectivity index (χ4n) is 1.41. The zero-order valence-corrected chi connectivity index (χ0v) is 11.7. The molecule has 96 valence electrons. The smallest absolute Gasteiger partial charge is 0.225 e. The number of carbonyl (C=O) groups excluding carboxylic acids is 1. The average molecular weight is 283 g/mol. The van der Waals surface area contributed by atoms with Crippen molar-refractivity contribution in [3.05, 3.63) is 16.6 Å². The van der Waals surface area contributed by atoms with E-state index in [9.17, 15) is 4.79 Å². The first kappa shape index (κ1) is 12.9. The Bertz CT molecular complexity index is 510.